The molecule has 0 spiro atoms. The fourth-order valence-electron chi connectivity index (χ4n) is 6.50. The lowest BCUT2D eigenvalue weighted by atomic mass is 9.55. The number of hydrogen-bond acceptors (Lipinski definition) is 6. The number of amides is 1. The maximum absolute atomic E-state index is 13.2. The number of aliphatic hydroxyl groups is 1. The van der Waals surface area contributed by atoms with Crippen molar-refractivity contribution in [2.24, 2.45) is 5.92 Å². The van der Waals surface area contributed by atoms with Gasteiger partial charge in [0, 0.05) is 44.6 Å². The predicted octanol–water partition coefficient (Wildman–Crippen LogP) is 4.13. The van der Waals surface area contributed by atoms with Crippen molar-refractivity contribution in [3.05, 3.63) is 65.7 Å². The molecule has 1 heterocycles. The first-order valence-corrected chi connectivity index (χ1v) is 13.7. The van der Waals surface area contributed by atoms with Crippen LogP contribution in [0, 0.1) is 5.92 Å². The number of rotatable bonds is 7. The SMILES string of the molecule is CC(=O)Oc1cccc([C@@]23CCN(CC4CC4)C[C@@]2(O)CC[C@@H](N(C)C(=O)C=Cc2cccc(O)c2)C3)c1. The van der Waals surface area contributed by atoms with E-state index in [1.54, 1.807) is 41.3 Å². The maximum Gasteiger partial charge on any atom is 0.308 e. The van der Waals surface area contributed by atoms with Crippen molar-refractivity contribution in [1.29, 1.82) is 0 Å². The van der Waals surface area contributed by atoms with Crippen LogP contribution in [0.25, 0.3) is 6.08 Å². The summed E-state index contributed by atoms with van der Waals surface area (Å²) < 4.78 is 5.41. The molecule has 5 rings (SSSR count). The van der Waals surface area contributed by atoms with Crippen LogP contribution in [0.3, 0.4) is 0 Å². The number of esters is 1. The van der Waals surface area contributed by atoms with Gasteiger partial charge in [0.2, 0.25) is 5.91 Å². The minimum absolute atomic E-state index is 0.0519. The fraction of sp³-hybridized carbons (Fsp3) is 0.484. The summed E-state index contributed by atoms with van der Waals surface area (Å²) in [7, 11) is 1.83. The Morgan fingerprint density at radius 2 is 1.92 bits per heavy atom. The summed E-state index contributed by atoms with van der Waals surface area (Å²) in [6.07, 6.45) is 8.51. The van der Waals surface area contributed by atoms with E-state index < -0.39 is 11.0 Å². The van der Waals surface area contributed by atoms with Gasteiger partial charge in [0.25, 0.3) is 0 Å². The number of likely N-dealkylation sites (tertiary alicyclic amines) is 1. The topological polar surface area (TPSA) is 90.3 Å². The average Bonchev–Trinajstić information content (AvgIpc) is 3.70. The van der Waals surface area contributed by atoms with Gasteiger partial charge in [-0.2, -0.15) is 0 Å². The van der Waals surface area contributed by atoms with E-state index in [-0.39, 0.29) is 23.7 Å². The molecule has 2 saturated carbocycles. The summed E-state index contributed by atoms with van der Waals surface area (Å²) in [6, 6.07) is 14.3. The molecule has 3 fully saturated rings. The Morgan fingerprint density at radius 1 is 1.13 bits per heavy atom. The minimum atomic E-state index is -0.938. The number of phenols is 1. The second kappa shape index (κ2) is 10.5. The van der Waals surface area contributed by atoms with E-state index in [0.29, 0.717) is 31.6 Å². The van der Waals surface area contributed by atoms with Crippen molar-refractivity contribution < 1.29 is 24.5 Å². The van der Waals surface area contributed by atoms with Crippen molar-refractivity contribution in [1.82, 2.24) is 9.80 Å². The highest BCUT2D eigenvalue weighted by molar-refractivity contribution is 5.91. The van der Waals surface area contributed by atoms with Crippen LogP contribution < -0.4 is 4.74 Å². The predicted molar refractivity (Wildman–Crippen MR) is 146 cm³/mol. The van der Waals surface area contributed by atoms with E-state index in [2.05, 4.69) is 4.90 Å². The van der Waals surface area contributed by atoms with Gasteiger partial charge in [-0.25, -0.2) is 0 Å². The van der Waals surface area contributed by atoms with Crippen molar-refractivity contribution in [3.63, 3.8) is 0 Å². The van der Waals surface area contributed by atoms with Crippen LogP contribution >= 0.6 is 0 Å². The van der Waals surface area contributed by atoms with Crippen LogP contribution in [-0.4, -0.2) is 70.2 Å². The molecule has 3 atom stereocenters. The van der Waals surface area contributed by atoms with Crippen LogP contribution in [0.4, 0.5) is 0 Å². The number of carbonyl (C=O) groups is 2. The molecule has 0 bridgehead atoms. The van der Waals surface area contributed by atoms with Gasteiger partial charge in [-0.05, 0) is 92.5 Å². The second-order valence-corrected chi connectivity index (χ2v) is 11.4. The molecule has 2 aromatic carbocycles. The Balaban J connectivity index is 1.41. The van der Waals surface area contributed by atoms with Crippen LogP contribution in [0.2, 0.25) is 0 Å². The molecule has 1 aliphatic heterocycles. The number of carbonyl (C=O) groups excluding carboxylic acids is 2. The van der Waals surface area contributed by atoms with E-state index in [1.165, 1.54) is 19.8 Å². The number of fused-ring (bicyclic) bond motifs is 1. The molecule has 7 heteroatoms. The van der Waals surface area contributed by atoms with Crippen LogP contribution in [0.15, 0.2) is 54.6 Å². The Labute approximate surface area is 224 Å². The lowest BCUT2D eigenvalue weighted by molar-refractivity contribution is -0.145. The third kappa shape index (κ3) is 5.49. The standard InChI is InChI=1S/C31H38N2O5/c1-22(34)38-28-8-4-6-25(18-28)30-15-16-33(20-24-9-10-24)21-31(30,37)14-13-26(19-30)32(2)29(36)12-11-23-5-3-7-27(35)17-23/h3-8,11-12,17-18,24,26,35,37H,9-10,13-16,19-21H2,1-2H3/t26-,30+,31+/m1/s1. The number of likely N-dealkylation sites (N-methyl/N-ethyl adjacent to an activating group) is 1. The van der Waals surface area contributed by atoms with E-state index in [4.69, 9.17) is 4.74 Å². The van der Waals surface area contributed by atoms with Crippen molar-refractivity contribution in [3.8, 4) is 11.5 Å². The number of β-amino-alcohol motifs (C(OH)–C–C–N with tert-alkyl or cyclic N) is 1. The van der Waals surface area contributed by atoms with Crippen molar-refractivity contribution in [2.45, 2.75) is 62.5 Å². The Kier molecular flexibility index (Phi) is 7.34. The first-order valence-electron chi connectivity index (χ1n) is 13.7. The third-order valence-electron chi connectivity index (χ3n) is 8.75. The number of benzene rings is 2. The zero-order chi connectivity index (χ0) is 26.9. The van der Waals surface area contributed by atoms with E-state index in [9.17, 15) is 19.8 Å². The first kappa shape index (κ1) is 26.4. The van der Waals surface area contributed by atoms with Gasteiger partial charge in [0.05, 0.1) is 5.60 Å². The van der Waals surface area contributed by atoms with Gasteiger partial charge in [-0.1, -0.05) is 24.3 Å². The van der Waals surface area contributed by atoms with Crippen molar-refractivity contribution >= 4 is 18.0 Å². The van der Waals surface area contributed by atoms with Gasteiger partial charge < -0.3 is 24.7 Å². The number of ether oxygens (including phenoxy) is 1. The summed E-state index contributed by atoms with van der Waals surface area (Å²) in [5.74, 6) is 0.897. The Hall–Kier alpha value is -3.16. The lowest BCUT2D eigenvalue weighted by Gasteiger charge is -2.59. The van der Waals surface area contributed by atoms with Crippen molar-refractivity contribution in [2.75, 3.05) is 26.7 Å². The lowest BCUT2D eigenvalue weighted by Crippen LogP contribution is -2.67. The largest absolute Gasteiger partial charge is 0.508 e. The molecule has 1 amide bonds. The molecule has 0 radical (unpaired) electrons. The molecule has 7 nitrogen and oxygen atoms in total. The van der Waals surface area contributed by atoms with Gasteiger partial charge >= 0.3 is 5.97 Å². The number of piperidine rings is 1. The molecule has 202 valence electrons. The zero-order valence-corrected chi connectivity index (χ0v) is 22.3. The molecule has 2 aromatic rings. The second-order valence-electron chi connectivity index (χ2n) is 11.4. The molecule has 0 aromatic heterocycles. The summed E-state index contributed by atoms with van der Waals surface area (Å²) in [5, 5.41) is 22.0. The van der Waals surface area contributed by atoms with Crippen LogP contribution in [-0.2, 0) is 15.0 Å². The number of hydrogen-bond donors (Lipinski definition) is 2. The molecule has 3 aliphatic rings. The van der Waals surface area contributed by atoms with Crippen LogP contribution in [0.1, 0.15) is 56.6 Å². The molecule has 2 N–H and O–H groups in total. The monoisotopic (exact) mass is 518 g/mol. The minimum Gasteiger partial charge on any atom is -0.508 e. The van der Waals surface area contributed by atoms with E-state index in [1.807, 2.05) is 31.3 Å². The maximum atomic E-state index is 13.2. The molecular weight excluding hydrogens is 480 g/mol. The van der Waals surface area contributed by atoms with Gasteiger partial charge in [-0.15, -0.1) is 0 Å². The quantitative estimate of drug-likeness (QED) is 0.326. The summed E-state index contributed by atoms with van der Waals surface area (Å²) >= 11 is 0. The van der Waals surface area contributed by atoms with Gasteiger partial charge in [0.15, 0.2) is 0 Å². The summed E-state index contributed by atoms with van der Waals surface area (Å²) in [4.78, 5) is 29.0. The highest BCUT2D eigenvalue weighted by Crippen LogP contribution is 2.53. The molecular formula is C31H38N2O5. The van der Waals surface area contributed by atoms with Gasteiger partial charge in [-0.3, -0.25) is 9.59 Å². The Morgan fingerprint density at radius 3 is 2.66 bits per heavy atom. The smallest absolute Gasteiger partial charge is 0.308 e. The van der Waals surface area contributed by atoms with Gasteiger partial charge in [0.1, 0.15) is 11.5 Å². The normalized spacial score (nSPS) is 27.6. The number of phenolic OH excluding ortho intramolecular Hbond substituents is 1. The highest BCUT2D eigenvalue weighted by Gasteiger charge is 2.58. The Bertz CT molecular complexity index is 1220. The van der Waals surface area contributed by atoms with E-state index in [0.717, 1.165) is 36.6 Å². The molecule has 38 heavy (non-hydrogen) atoms. The molecule has 2 aliphatic carbocycles. The van der Waals surface area contributed by atoms with Crippen LogP contribution in [0.5, 0.6) is 11.5 Å². The number of aromatic hydroxyl groups is 1. The number of nitrogens with zero attached hydrogens (tertiary/aromatic N) is 2. The fourth-order valence-corrected chi connectivity index (χ4v) is 6.50. The first-order chi connectivity index (χ1) is 18.2. The highest BCUT2D eigenvalue weighted by atomic mass is 16.5. The summed E-state index contributed by atoms with van der Waals surface area (Å²) in [6.45, 7) is 3.92. The average molecular weight is 519 g/mol. The zero-order valence-electron chi connectivity index (χ0n) is 22.3. The molecule has 0 unspecified atom stereocenters. The third-order valence-corrected chi connectivity index (χ3v) is 8.75. The molecule has 1 saturated heterocycles. The van der Waals surface area contributed by atoms with E-state index >= 15 is 0 Å². The summed E-state index contributed by atoms with van der Waals surface area (Å²) in [5.41, 5.74) is 0.222.